The molecule has 0 fully saturated rings. The highest BCUT2D eigenvalue weighted by Crippen LogP contribution is 2.26. The van der Waals surface area contributed by atoms with Gasteiger partial charge >= 0.3 is 0 Å². The van der Waals surface area contributed by atoms with Crippen molar-refractivity contribution in [1.82, 2.24) is 9.55 Å². The Hall–Kier alpha value is -3.58. The normalized spacial score (nSPS) is 10.9. The van der Waals surface area contributed by atoms with Crippen LogP contribution < -0.4 is 10.2 Å². The Balaban J connectivity index is 1.54. The van der Waals surface area contributed by atoms with Crippen LogP contribution in [-0.2, 0) is 22.6 Å². The number of carbonyl (C=O) groups excluding carboxylic acids is 2. The maximum Gasteiger partial charge on any atom is 0.244 e. The SMILES string of the molecule is CCc1cccc(C)c1NC(=O)Cn1c(SCC(=O)N(C)c2ccccc2)nc2ccccc21. The van der Waals surface area contributed by atoms with Crippen molar-refractivity contribution >= 4 is 46.0 Å². The van der Waals surface area contributed by atoms with Crippen molar-refractivity contribution in [2.24, 2.45) is 0 Å². The van der Waals surface area contributed by atoms with E-state index in [1.807, 2.05) is 84.3 Å². The first-order valence-corrected chi connectivity index (χ1v) is 12.2. The lowest BCUT2D eigenvalue weighted by molar-refractivity contribution is -0.117. The van der Waals surface area contributed by atoms with Gasteiger partial charge < -0.3 is 14.8 Å². The van der Waals surface area contributed by atoms with E-state index in [0.717, 1.165) is 40.0 Å². The van der Waals surface area contributed by atoms with Crippen LogP contribution in [0.5, 0.6) is 0 Å². The fourth-order valence-electron chi connectivity index (χ4n) is 3.86. The molecular formula is C27H28N4O2S. The molecule has 4 aromatic rings. The molecule has 0 radical (unpaired) electrons. The van der Waals surface area contributed by atoms with Gasteiger partial charge in [0.2, 0.25) is 11.8 Å². The second-order valence-corrected chi connectivity index (χ2v) is 9.00. The summed E-state index contributed by atoms with van der Waals surface area (Å²) in [6, 6.07) is 23.3. The quantitative estimate of drug-likeness (QED) is 0.353. The number of benzene rings is 3. The first-order chi connectivity index (χ1) is 16.5. The monoisotopic (exact) mass is 472 g/mol. The van der Waals surface area contributed by atoms with Crippen LogP contribution in [-0.4, -0.2) is 34.2 Å². The number of aromatic nitrogens is 2. The minimum Gasteiger partial charge on any atom is -0.324 e. The smallest absolute Gasteiger partial charge is 0.244 e. The zero-order valence-corrected chi connectivity index (χ0v) is 20.4. The van der Waals surface area contributed by atoms with Gasteiger partial charge in [0.15, 0.2) is 5.16 Å². The Morgan fingerprint density at radius 2 is 1.74 bits per heavy atom. The number of nitrogens with zero attached hydrogens (tertiary/aromatic N) is 3. The molecule has 1 heterocycles. The summed E-state index contributed by atoms with van der Waals surface area (Å²) in [7, 11) is 1.77. The van der Waals surface area contributed by atoms with Gasteiger partial charge in [-0.15, -0.1) is 0 Å². The number of imidazole rings is 1. The van der Waals surface area contributed by atoms with Crippen molar-refractivity contribution in [3.05, 3.63) is 83.9 Å². The van der Waals surface area contributed by atoms with Crippen LogP contribution in [0.2, 0.25) is 0 Å². The highest BCUT2D eigenvalue weighted by atomic mass is 32.2. The molecule has 1 N–H and O–H groups in total. The number of aryl methyl sites for hydroxylation is 2. The Labute approximate surface area is 204 Å². The van der Waals surface area contributed by atoms with Crippen LogP contribution in [0, 0.1) is 6.92 Å². The molecule has 0 unspecified atom stereocenters. The van der Waals surface area contributed by atoms with E-state index in [-0.39, 0.29) is 24.1 Å². The predicted molar refractivity (Wildman–Crippen MR) is 139 cm³/mol. The number of nitrogens with one attached hydrogen (secondary N) is 1. The first-order valence-electron chi connectivity index (χ1n) is 11.3. The number of amides is 2. The van der Waals surface area contributed by atoms with Crippen molar-refractivity contribution in [2.75, 3.05) is 23.0 Å². The van der Waals surface area contributed by atoms with Crippen molar-refractivity contribution in [2.45, 2.75) is 32.0 Å². The van der Waals surface area contributed by atoms with Crippen molar-refractivity contribution in [3.8, 4) is 0 Å². The maximum absolute atomic E-state index is 13.1. The van der Waals surface area contributed by atoms with Crippen molar-refractivity contribution in [1.29, 1.82) is 0 Å². The molecule has 2 amide bonds. The molecule has 6 nitrogen and oxygen atoms in total. The lowest BCUT2D eigenvalue weighted by Gasteiger charge is -2.17. The average Bonchev–Trinajstić information content (AvgIpc) is 3.21. The average molecular weight is 473 g/mol. The number of hydrogen-bond acceptors (Lipinski definition) is 4. The number of rotatable bonds is 8. The van der Waals surface area contributed by atoms with E-state index in [1.54, 1.807) is 11.9 Å². The molecule has 0 spiro atoms. The minimum atomic E-state index is -0.123. The molecule has 3 aromatic carbocycles. The van der Waals surface area contributed by atoms with E-state index in [1.165, 1.54) is 11.8 Å². The second-order valence-electron chi connectivity index (χ2n) is 8.06. The number of thioether (sulfide) groups is 1. The summed E-state index contributed by atoms with van der Waals surface area (Å²) in [4.78, 5) is 32.2. The molecule has 0 atom stereocenters. The zero-order valence-electron chi connectivity index (χ0n) is 19.6. The number of carbonyl (C=O) groups is 2. The summed E-state index contributed by atoms with van der Waals surface area (Å²) in [6.45, 7) is 4.19. The van der Waals surface area contributed by atoms with E-state index in [9.17, 15) is 9.59 Å². The van der Waals surface area contributed by atoms with Gasteiger partial charge in [0.05, 0.1) is 16.8 Å². The molecule has 34 heavy (non-hydrogen) atoms. The van der Waals surface area contributed by atoms with Gasteiger partial charge in [0.25, 0.3) is 0 Å². The molecule has 0 saturated heterocycles. The van der Waals surface area contributed by atoms with E-state index < -0.39 is 0 Å². The van der Waals surface area contributed by atoms with Gasteiger partial charge in [-0.25, -0.2) is 4.98 Å². The molecule has 1 aromatic heterocycles. The van der Waals surface area contributed by atoms with Crippen molar-refractivity contribution < 1.29 is 9.59 Å². The number of fused-ring (bicyclic) bond motifs is 1. The minimum absolute atomic E-state index is 0.0354. The van der Waals surface area contributed by atoms with Gasteiger partial charge in [-0.1, -0.05) is 67.2 Å². The van der Waals surface area contributed by atoms with Gasteiger partial charge in [0.1, 0.15) is 6.54 Å². The summed E-state index contributed by atoms with van der Waals surface area (Å²) in [5, 5.41) is 3.74. The molecule has 174 valence electrons. The number of anilines is 2. The third-order valence-corrected chi connectivity index (χ3v) is 6.73. The Kier molecular flexibility index (Phi) is 7.33. The van der Waals surface area contributed by atoms with Crippen LogP contribution >= 0.6 is 11.8 Å². The van der Waals surface area contributed by atoms with Crippen LogP contribution in [0.4, 0.5) is 11.4 Å². The molecule has 0 aliphatic heterocycles. The Bertz CT molecular complexity index is 1320. The van der Waals surface area contributed by atoms with E-state index in [4.69, 9.17) is 4.98 Å². The number of hydrogen-bond donors (Lipinski definition) is 1. The summed E-state index contributed by atoms with van der Waals surface area (Å²) >= 11 is 1.34. The largest absolute Gasteiger partial charge is 0.324 e. The second kappa shape index (κ2) is 10.6. The Morgan fingerprint density at radius 3 is 2.50 bits per heavy atom. The maximum atomic E-state index is 13.1. The molecule has 0 aliphatic carbocycles. The number of para-hydroxylation sites is 4. The van der Waals surface area contributed by atoms with Crippen LogP contribution in [0.15, 0.2) is 78.0 Å². The van der Waals surface area contributed by atoms with Crippen LogP contribution in [0.25, 0.3) is 11.0 Å². The predicted octanol–water partition coefficient (Wildman–Crippen LogP) is 5.30. The topological polar surface area (TPSA) is 67.2 Å². The standard InChI is InChI=1S/C27H28N4O2S/c1-4-20-12-10-11-19(2)26(20)29-24(32)17-31-23-16-9-8-15-22(23)28-27(31)34-18-25(33)30(3)21-13-6-5-7-14-21/h5-16H,4,17-18H2,1-3H3,(H,29,32). The fourth-order valence-corrected chi connectivity index (χ4v) is 4.79. The lowest BCUT2D eigenvalue weighted by Crippen LogP contribution is -2.28. The van der Waals surface area contributed by atoms with E-state index in [2.05, 4.69) is 12.2 Å². The summed E-state index contributed by atoms with van der Waals surface area (Å²) in [5.41, 5.74) is 5.51. The van der Waals surface area contributed by atoms with Crippen molar-refractivity contribution in [3.63, 3.8) is 0 Å². The summed E-state index contributed by atoms with van der Waals surface area (Å²) in [5.74, 6) is 0.0576. The first kappa shape index (κ1) is 23.6. The van der Waals surface area contributed by atoms with Gasteiger partial charge in [0, 0.05) is 18.4 Å². The summed E-state index contributed by atoms with van der Waals surface area (Å²) in [6.07, 6.45) is 0.837. The third kappa shape index (κ3) is 5.15. The third-order valence-electron chi connectivity index (χ3n) is 5.77. The van der Waals surface area contributed by atoms with E-state index >= 15 is 0 Å². The highest BCUT2D eigenvalue weighted by Gasteiger charge is 2.18. The molecule has 7 heteroatoms. The molecule has 0 bridgehead atoms. The van der Waals surface area contributed by atoms with Gasteiger partial charge in [-0.2, -0.15) is 0 Å². The Morgan fingerprint density at radius 1 is 1.00 bits per heavy atom. The lowest BCUT2D eigenvalue weighted by atomic mass is 10.1. The highest BCUT2D eigenvalue weighted by molar-refractivity contribution is 7.99. The fraction of sp³-hybridized carbons (Fsp3) is 0.222. The summed E-state index contributed by atoms with van der Waals surface area (Å²) < 4.78 is 1.88. The van der Waals surface area contributed by atoms with Gasteiger partial charge in [-0.05, 0) is 48.7 Å². The van der Waals surface area contributed by atoms with Crippen LogP contribution in [0.1, 0.15) is 18.1 Å². The van der Waals surface area contributed by atoms with Crippen LogP contribution in [0.3, 0.4) is 0 Å². The zero-order chi connectivity index (χ0) is 24.1. The van der Waals surface area contributed by atoms with E-state index in [0.29, 0.717) is 5.16 Å². The molecule has 4 rings (SSSR count). The molecule has 0 saturated carbocycles. The molecular weight excluding hydrogens is 444 g/mol. The van der Waals surface area contributed by atoms with Gasteiger partial charge in [-0.3, -0.25) is 9.59 Å². The molecule has 0 aliphatic rings.